The molecule has 19 heavy (non-hydrogen) atoms. The Morgan fingerprint density at radius 3 is 2.53 bits per heavy atom. The van der Waals surface area contributed by atoms with Crippen LogP contribution in [0, 0.1) is 0 Å². The van der Waals surface area contributed by atoms with Crippen LogP contribution >= 0.6 is 0 Å². The molecule has 1 aromatic rings. The highest BCUT2D eigenvalue weighted by Crippen LogP contribution is 2.25. The summed E-state index contributed by atoms with van der Waals surface area (Å²) in [6.07, 6.45) is 2.95. The van der Waals surface area contributed by atoms with E-state index in [0.717, 1.165) is 36.6 Å². The molecule has 0 unspecified atom stereocenters. The van der Waals surface area contributed by atoms with E-state index in [4.69, 9.17) is 4.98 Å². The molecule has 3 nitrogen and oxygen atoms in total. The van der Waals surface area contributed by atoms with Gasteiger partial charge in [0.25, 0.3) is 0 Å². The van der Waals surface area contributed by atoms with Gasteiger partial charge in [0, 0.05) is 24.2 Å². The fraction of sp³-hybridized carbons (Fsp3) is 0.562. The molecule has 0 radical (unpaired) electrons. The van der Waals surface area contributed by atoms with Crippen LogP contribution < -0.4 is 4.90 Å². The Morgan fingerprint density at radius 2 is 2.05 bits per heavy atom. The maximum Gasteiger partial charge on any atom is 0.129 e. The second-order valence-corrected chi connectivity index (χ2v) is 5.86. The van der Waals surface area contributed by atoms with E-state index in [-0.39, 0.29) is 12.0 Å². The first kappa shape index (κ1) is 15.7. The molecule has 106 valence electrons. The van der Waals surface area contributed by atoms with Crippen molar-refractivity contribution in [3.8, 4) is 0 Å². The minimum atomic E-state index is -0.0218. The molecule has 0 bridgehead atoms. The van der Waals surface area contributed by atoms with Crippen LogP contribution in [0.4, 0.5) is 5.82 Å². The maximum atomic E-state index is 9.43. The molecule has 0 aliphatic rings. The van der Waals surface area contributed by atoms with Gasteiger partial charge in [0.15, 0.2) is 0 Å². The fourth-order valence-corrected chi connectivity index (χ4v) is 1.93. The van der Waals surface area contributed by atoms with Crippen LogP contribution in [-0.4, -0.2) is 23.2 Å². The van der Waals surface area contributed by atoms with Gasteiger partial charge < -0.3 is 10.0 Å². The highest BCUT2D eigenvalue weighted by molar-refractivity contribution is 5.44. The van der Waals surface area contributed by atoms with Crippen molar-refractivity contribution >= 4 is 5.82 Å². The topological polar surface area (TPSA) is 36.4 Å². The van der Waals surface area contributed by atoms with Crippen molar-refractivity contribution in [3.63, 3.8) is 0 Å². The monoisotopic (exact) mass is 262 g/mol. The summed E-state index contributed by atoms with van der Waals surface area (Å²) < 4.78 is 0. The van der Waals surface area contributed by atoms with Crippen molar-refractivity contribution in [1.29, 1.82) is 0 Å². The largest absolute Gasteiger partial charge is 0.392 e. The molecule has 0 amide bonds. The van der Waals surface area contributed by atoms with Crippen LogP contribution in [0.2, 0.25) is 0 Å². The summed E-state index contributed by atoms with van der Waals surface area (Å²) in [5.74, 6) is 0.929. The van der Waals surface area contributed by atoms with E-state index in [9.17, 15) is 5.11 Å². The van der Waals surface area contributed by atoms with Gasteiger partial charge in [-0.25, -0.2) is 4.98 Å². The minimum absolute atomic E-state index is 0.0218. The molecule has 1 rings (SSSR count). The van der Waals surface area contributed by atoms with Crippen molar-refractivity contribution in [2.75, 3.05) is 18.0 Å². The first-order chi connectivity index (χ1) is 8.92. The average molecular weight is 262 g/mol. The molecule has 3 heteroatoms. The number of anilines is 1. The lowest BCUT2D eigenvalue weighted by molar-refractivity contribution is 0.281. The average Bonchev–Trinajstić information content (AvgIpc) is 2.37. The van der Waals surface area contributed by atoms with Crippen LogP contribution in [0.3, 0.4) is 0 Å². The Balaban J connectivity index is 3.20. The Labute approximate surface area is 117 Å². The molecule has 0 aliphatic heterocycles. The zero-order chi connectivity index (χ0) is 14.5. The lowest BCUT2D eigenvalue weighted by atomic mass is 9.91. The summed E-state index contributed by atoms with van der Waals surface area (Å²) in [6, 6.07) is 3.95. The first-order valence-electron chi connectivity index (χ1n) is 6.90. The second-order valence-electron chi connectivity index (χ2n) is 5.86. The van der Waals surface area contributed by atoms with Crippen LogP contribution in [0.15, 0.2) is 24.8 Å². The third kappa shape index (κ3) is 4.35. The van der Waals surface area contributed by atoms with Crippen molar-refractivity contribution in [3.05, 3.63) is 36.0 Å². The van der Waals surface area contributed by atoms with Gasteiger partial charge in [-0.1, -0.05) is 33.8 Å². The normalized spacial score (nSPS) is 11.4. The summed E-state index contributed by atoms with van der Waals surface area (Å²) in [5.41, 5.74) is 1.91. The van der Waals surface area contributed by atoms with Crippen molar-refractivity contribution < 1.29 is 5.11 Å². The quantitative estimate of drug-likeness (QED) is 0.799. The number of aromatic nitrogens is 1. The molecule has 0 saturated carbocycles. The zero-order valence-corrected chi connectivity index (χ0v) is 12.6. The number of hydrogen-bond donors (Lipinski definition) is 1. The smallest absolute Gasteiger partial charge is 0.129 e. The summed E-state index contributed by atoms with van der Waals surface area (Å²) in [7, 11) is 0. The number of aliphatic hydroxyl groups excluding tert-OH is 1. The van der Waals surface area contributed by atoms with E-state index in [1.807, 2.05) is 18.2 Å². The highest BCUT2D eigenvalue weighted by atomic mass is 16.3. The van der Waals surface area contributed by atoms with Crippen LogP contribution in [0.25, 0.3) is 0 Å². The zero-order valence-electron chi connectivity index (χ0n) is 12.6. The van der Waals surface area contributed by atoms with Crippen molar-refractivity contribution in [1.82, 2.24) is 4.98 Å². The number of aliphatic hydroxyl groups is 1. The van der Waals surface area contributed by atoms with Gasteiger partial charge in [0.05, 0.1) is 6.61 Å². The molecule has 1 N–H and O–H groups in total. The molecule has 0 spiro atoms. The predicted molar refractivity (Wildman–Crippen MR) is 81.6 cm³/mol. The minimum Gasteiger partial charge on any atom is -0.392 e. The van der Waals surface area contributed by atoms with E-state index in [0.29, 0.717) is 0 Å². The number of rotatable bonds is 6. The number of hydrogen-bond acceptors (Lipinski definition) is 3. The number of nitrogens with zero attached hydrogens (tertiary/aromatic N) is 2. The molecule has 0 aliphatic carbocycles. The molecule has 0 atom stereocenters. The molecule has 1 aromatic heterocycles. The molecular weight excluding hydrogens is 236 g/mol. The second kappa shape index (κ2) is 6.71. The standard InChI is InChI=1S/C16H26N2O/c1-6-8-18(9-7-2)15-11-13(12-19)10-14(17-15)16(3,4)5/h6,10-11,19H,1,7-9,12H2,2-5H3. The highest BCUT2D eigenvalue weighted by Gasteiger charge is 2.18. The molecule has 0 fully saturated rings. The lowest BCUT2D eigenvalue weighted by Crippen LogP contribution is -2.26. The van der Waals surface area contributed by atoms with E-state index in [1.165, 1.54) is 0 Å². The molecule has 0 saturated heterocycles. The molecular formula is C16H26N2O. The maximum absolute atomic E-state index is 9.43. The van der Waals surface area contributed by atoms with Gasteiger partial charge in [-0.3, -0.25) is 0 Å². The van der Waals surface area contributed by atoms with Gasteiger partial charge >= 0.3 is 0 Å². The third-order valence-corrected chi connectivity index (χ3v) is 2.99. The first-order valence-corrected chi connectivity index (χ1v) is 6.90. The van der Waals surface area contributed by atoms with E-state index in [2.05, 4.69) is 39.2 Å². The Hall–Kier alpha value is -1.35. The third-order valence-electron chi connectivity index (χ3n) is 2.99. The number of pyridine rings is 1. The van der Waals surface area contributed by atoms with E-state index < -0.39 is 0 Å². The van der Waals surface area contributed by atoms with Crippen molar-refractivity contribution in [2.45, 2.75) is 46.1 Å². The molecule has 1 heterocycles. The summed E-state index contributed by atoms with van der Waals surface area (Å²) in [6.45, 7) is 14.1. The SMILES string of the molecule is C=CCN(CCC)c1cc(CO)cc(C(C)(C)C)n1. The van der Waals surface area contributed by atoms with E-state index >= 15 is 0 Å². The van der Waals surface area contributed by atoms with E-state index in [1.54, 1.807) is 0 Å². The Bertz CT molecular complexity index is 421. The fourth-order valence-electron chi connectivity index (χ4n) is 1.93. The predicted octanol–water partition coefficient (Wildman–Crippen LogP) is 3.27. The summed E-state index contributed by atoms with van der Waals surface area (Å²) >= 11 is 0. The summed E-state index contributed by atoms with van der Waals surface area (Å²) in [4.78, 5) is 6.95. The van der Waals surface area contributed by atoms with Gasteiger partial charge in [-0.15, -0.1) is 6.58 Å². The van der Waals surface area contributed by atoms with Gasteiger partial charge in [0.1, 0.15) is 5.82 Å². The van der Waals surface area contributed by atoms with Gasteiger partial charge in [-0.05, 0) is 24.1 Å². The van der Waals surface area contributed by atoms with Crippen molar-refractivity contribution in [2.24, 2.45) is 0 Å². The van der Waals surface area contributed by atoms with Crippen LogP contribution in [-0.2, 0) is 12.0 Å². The molecule has 0 aromatic carbocycles. The lowest BCUT2D eigenvalue weighted by Gasteiger charge is -2.26. The van der Waals surface area contributed by atoms with Gasteiger partial charge in [0.2, 0.25) is 0 Å². The van der Waals surface area contributed by atoms with Gasteiger partial charge in [-0.2, -0.15) is 0 Å². The van der Waals surface area contributed by atoms with Crippen LogP contribution in [0.5, 0.6) is 0 Å². The Kier molecular flexibility index (Phi) is 5.55. The van der Waals surface area contributed by atoms with Crippen LogP contribution in [0.1, 0.15) is 45.4 Å². The Morgan fingerprint density at radius 1 is 1.37 bits per heavy atom. The summed E-state index contributed by atoms with van der Waals surface area (Å²) in [5, 5.41) is 9.43.